The number of carbonyl (C=O) groups excluding carboxylic acids is 2. The lowest BCUT2D eigenvalue weighted by Crippen LogP contribution is -2.22. The highest BCUT2D eigenvalue weighted by molar-refractivity contribution is 6.29. The maximum Gasteiger partial charge on any atom is 0.253 e. The molecule has 1 rings (SSSR count). The molecule has 1 aromatic rings. The van der Waals surface area contributed by atoms with E-state index in [-0.39, 0.29) is 17.7 Å². The van der Waals surface area contributed by atoms with Gasteiger partial charge >= 0.3 is 0 Å². The fourth-order valence-corrected chi connectivity index (χ4v) is 1.44. The SMILES string of the molecule is COc1cc(C(=O)N(C)C)ccc1NC(=O)CCl. The zero-order valence-electron chi connectivity index (χ0n) is 10.5. The minimum Gasteiger partial charge on any atom is -0.495 e. The number of carbonyl (C=O) groups is 2. The summed E-state index contributed by atoms with van der Waals surface area (Å²) in [4.78, 5) is 24.4. The van der Waals surface area contributed by atoms with Crippen molar-refractivity contribution in [2.45, 2.75) is 0 Å². The molecule has 6 heteroatoms. The van der Waals surface area contributed by atoms with Gasteiger partial charge in [0.05, 0.1) is 12.8 Å². The molecule has 0 spiro atoms. The summed E-state index contributed by atoms with van der Waals surface area (Å²) in [6.07, 6.45) is 0. The van der Waals surface area contributed by atoms with Crippen molar-refractivity contribution in [2.75, 3.05) is 32.4 Å². The maximum atomic E-state index is 11.8. The number of anilines is 1. The zero-order valence-corrected chi connectivity index (χ0v) is 11.2. The highest BCUT2D eigenvalue weighted by Gasteiger charge is 2.12. The molecule has 0 unspecified atom stereocenters. The van der Waals surface area contributed by atoms with E-state index < -0.39 is 0 Å². The Morgan fingerprint density at radius 3 is 2.56 bits per heavy atom. The second-order valence-electron chi connectivity index (χ2n) is 3.80. The number of nitrogens with one attached hydrogen (secondary N) is 1. The molecular formula is C12H15ClN2O3. The van der Waals surface area contributed by atoms with Crippen LogP contribution in [0.2, 0.25) is 0 Å². The average molecular weight is 271 g/mol. The summed E-state index contributed by atoms with van der Waals surface area (Å²) in [5.41, 5.74) is 0.971. The fourth-order valence-electron chi connectivity index (χ4n) is 1.37. The van der Waals surface area contributed by atoms with Crippen LogP contribution >= 0.6 is 11.6 Å². The van der Waals surface area contributed by atoms with Crippen LogP contribution in [0.5, 0.6) is 5.75 Å². The molecule has 0 heterocycles. The van der Waals surface area contributed by atoms with E-state index in [1.165, 1.54) is 12.0 Å². The molecule has 0 bridgehead atoms. The van der Waals surface area contributed by atoms with Crippen LogP contribution in [-0.2, 0) is 4.79 Å². The number of amides is 2. The van der Waals surface area contributed by atoms with Gasteiger partial charge in [0.15, 0.2) is 0 Å². The molecule has 1 N–H and O–H groups in total. The summed E-state index contributed by atoms with van der Waals surface area (Å²) in [7, 11) is 4.80. The molecule has 0 saturated carbocycles. The summed E-state index contributed by atoms with van der Waals surface area (Å²) >= 11 is 5.41. The van der Waals surface area contributed by atoms with Gasteiger partial charge < -0.3 is 15.0 Å². The molecule has 0 aliphatic rings. The van der Waals surface area contributed by atoms with Gasteiger partial charge in [0.25, 0.3) is 5.91 Å². The van der Waals surface area contributed by atoms with E-state index in [2.05, 4.69) is 5.32 Å². The van der Waals surface area contributed by atoms with Crippen LogP contribution in [0.25, 0.3) is 0 Å². The van der Waals surface area contributed by atoms with Crippen LogP contribution in [0.4, 0.5) is 5.69 Å². The van der Waals surface area contributed by atoms with E-state index in [0.717, 1.165) is 0 Å². The number of rotatable bonds is 4. The molecule has 0 saturated heterocycles. The molecule has 1 aromatic carbocycles. The maximum absolute atomic E-state index is 11.8. The molecule has 0 radical (unpaired) electrons. The molecule has 0 atom stereocenters. The van der Waals surface area contributed by atoms with Crippen LogP contribution in [0.15, 0.2) is 18.2 Å². The lowest BCUT2D eigenvalue weighted by Gasteiger charge is -2.13. The predicted octanol–water partition coefficient (Wildman–Crippen LogP) is 1.57. The van der Waals surface area contributed by atoms with Gasteiger partial charge in [-0.15, -0.1) is 11.6 Å². The lowest BCUT2D eigenvalue weighted by molar-refractivity contribution is -0.113. The Hall–Kier alpha value is -1.75. The summed E-state index contributed by atoms with van der Waals surface area (Å²) < 4.78 is 5.13. The van der Waals surface area contributed by atoms with Gasteiger partial charge in [-0.1, -0.05) is 0 Å². The second-order valence-corrected chi connectivity index (χ2v) is 4.06. The number of benzene rings is 1. The molecular weight excluding hydrogens is 256 g/mol. The van der Waals surface area contributed by atoms with E-state index in [1.54, 1.807) is 32.3 Å². The van der Waals surface area contributed by atoms with Gasteiger partial charge in [-0.3, -0.25) is 9.59 Å². The largest absolute Gasteiger partial charge is 0.495 e. The van der Waals surface area contributed by atoms with E-state index in [0.29, 0.717) is 17.0 Å². The van der Waals surface area contributed by atoms with E-state index in [9.17, 15) is 9.59 Å². The van der Waals surface area contributed by atoms with Crippen molar-refractivity contribution in [3.63, 3.8) is 0 Å². The average Bonchev–Trinajstić information content (AvgIpc) is 2.37. The Labute approximate surface area is 111 Å². The van der Waals surface area contributed by atoms with Crippen molar-refractivity contribution in [1.82, 2.24) is 4.90 Å². The van der Waals surface area contributed by atoms with Crippen molar-refractivity contribution in [1.29, 1.82) is 0 Å². The normalized spacial score (nSPS) is 9.78. The Bertz CT molecular complexity index is 461. The van der Waals surface area contributed by atoms with Crippen LogP contribution in [0.3, 0.4) is 0 Å². The fraction of sp³-hybridized carbons (Fsp3) is 0.333. The van der Waals surface area contributed by atoms with Crippen LogP contribution < -0.4 is 10.1 Å². The third-order valence-electron chi connectivity index (χ3n) is 2.25. The first kappa shape index (κ1) is 14.3. The standard InChI is InChI=1S/C12H15ClN2O3/c1-15(2)12(17)8-4-5-9(10(6-8)18-3)14-11(16)7-13/h4-6H,7H2,1-3H3,(H,14,16). The molecule has 0 aromatic heterocycles. The number of halogens is 1. The van der Waals surface area contributed by atoms with Crippen LogP contribution in [0, 0.1) is 0 Å². The Morgan fingerprint density at radius 2 is 2.06 bits per heavy atom. The van der Waals surface area contributed by atoms with Crippen molar-refractivity contribution >= 4 is 29.1 Å². The van der Waals surface area contributed by atoms with E-state index in [4.69, 9.17) is 16.3 Å². The van der Waals surface area contributed by atoms with Gasteiger partial charge in [0.2, 0.25) is 5.91 Å². The van der Waals surface area contributed by atoms with E-state index >= 15 is 0 Å². The summed E-state index contributed by atoms with van der Waals surface area (Å²) in [6.45, 7) is 0. The second kappa shape index (κ2) is 6.26. The van der Waals surface area contributed by atoms with E-state index in [1.807, 2.05) is 0 Å². The van der Waals surface area contributed by atoms with Crippen molar-refractivity contribution in [2.24, 2.45) is 0 Å². The molecule has 2 amide bonds. The number of alkyl halides is 1. The number of hydrogen-bond donors (Lipinski definition) is 1. The zero-order chi connectivity index (χ0) is 13.7. The number of nitrogens with zero attached hydrogens (tertiary/aromatic N) is 1. The van der Waals surface area contributed by atoms with Gasteiger partial charge in [-0.25, -0.2) is 0 Å². The first-order valence-corrected chi connectivity index (χ1v) is 5.78. The van der Waals surface area contributed by atoms with Crippen molar-refractivity contribution in [3.05, 3.63) is 23.8 Å². The quantitative estimate of drug-likeness (QED) is 0.845. The topological polar surface area (TPSA) is 58.6 Å². The molecule has 18 heavy (non-hydrogen) atoms. The summed E-state index contributed by atoms with van der Waals surface area (Å²) in [5.74, 6) is -0.187. The Morgan fingerprint density at radius 1 is 1.39 bits per heavy atom. The minimum atomic E-state index is -0.332. The molecule has 0 fully saturated rings. The monoisotopic (exact) mass is 270 g/mol. The molecule has 0 aliphatic carbocycles. The smallest absolute Gasteiger partial charge is 0.253 e. The predicted molar refractivity (Wildman–Crippen MR) is 70.4 cm³/mol. The molecule has 5 nitrogen and oxygen atoms in total. The highest BCUT2D eigenvalue weighted by Crippen LogP contribution is 2.26. The Kier molecular flexibility index (Phi) is 4.97. The number of ether oxygens (including phenoxy) is 1. The first-order valence-electron chi connectivity index (χ1n) is 5.25. The molecule has 0 aliphatic heterocycles. The first-order chi connectivity index (χ1) is 8.49. The van der Waals surface area contributed by atoms with Gasteiger partial charge in [-0.2, -0.15) is 0 Å². The van der Waals surface area contributed by atoms with Gasteiger partial charge in [-0.05, 0) is 18.2 Å². The third kappa shape index (κ3) is 3.37. The summed E-state index contributed by atoms with van der Waals surface area (Å²) in [5, 5.41) is 2.59. The summed E-state index contributed by atoms with van der Waals surface area (Å²) in [6, 6.07) is 4.81. The lowest BCUT2D eigenvalue weighted by atomic mass is 10.1. The van der Waals surface area contributed by atoms with Gasteiger partial charge in [0, 0.05) is 19.7 Å². The molecule has 98 valence electrons. The Balaban J connectivity index is 3.03. The van der Waals surface area contributed by atoms with Crippen molar-refractivity contribution in [3.8, 4) is 5.75 Å². The van der Waals surface area contributed by atoms with Crippen LogP contribution in [0.1, 0.15) is 10.4 Å². The van der Waals surface area contributed by atoms with Crippen molar-refractivity contribution < 1.29 is 14.3 Å². The van der Waals surface area contributed by atoms with Crippen LogP contribution in [-0.4, -0.2) is 43.8 Å². The minimum absolute atomic E-state index is 0.136. The number of hydrogen-bond acceptors (Lipinski definition) is 3. The highest BCUT2D eigenvalue weighted by atomic mass is 35.5. The number of methoxy groups -OCH3 is 1. The third-order valence-corrected chi connectivity index (χ3v) is 2.49. The van der Waals surface area contributed by atoms with Gasteiger partial charge in [0.1, 0.15) is 11.6 Å².